The van der Waals surface area contributed by atoms with Gasteiger partial charge in [-0.05, 0) is 42.0 Å². The van der Waals surface area contributed by atoms with Crippen molar-refractivity contribution in [1.29, 1.82) is 0 Å². The molecule has 0 unspecified atom stereocenters. The van der Waals surface area contributed by atoms with E-state index >= 15 is 0 Å². The Morgan fingerprint density at radius 3 is 1.90 bits per heavy atom. The minimum atomic E-state index is 0.0867. The summed E-state index contributed by atoms with van der Waals surface area (Å²) >= 11 is 0. The highest BCUT2D eigenvalue weighted by molar-refractivity contribution is 5.97. The lowest BCUT2D eigenvalue weighted by Gasteiger charge is -2.11. The minimum absolute atomic E-state index is 0.0867. The minimum Gasteiger partial charge on any atom is -0.506 e. The molecule has 0 aliphatic carbocycles. The van der Waals surface area contributed by atoms with Crippen LogP contribution in [0.25, 0.3) is 21.5 Å². The standard InChI is InChI=1S/C27H20N2O2/c1-18-10-14-21(15-11-18)31-25-17-13-20-7-3-5-9-23(20)27(25)29-28-26-22-8-4-2-6-19(22)12-16-24(26)30/h2-17,30H,1H3. The zero-order chi connectivity index (χ0) is 21.2. The number of aryl methyl sites for hydroxylation is 1. The van der Waals surface area contributed by atoms with Gasteiger partial charge < -0.3 is 9.84 Å². The smallest absolute Gasteiger partial charge is 0.155 e. The fourth-order valence-corrected chi connectivity index (χ4v) is 3.60. The molecule has 0 atom stereocenters. The predicted molar refractivity (Wildman–Crippen MR) is 125 cm³/mol. The van der Waals surface area contributed by atoms with Crippen LogP contribution in [0, 0.1) is 6.92 Å². The van der Waals surface area contributed by atoms with Gasteiger partial charge in [-0.1, -0.05) is 78.4 Å². The number of aromatic hydroxyl groups is 1. The normalized spacial score (nSPS) is 11.4. The summed E-state index contributed by atoms with van der Waals surface area (Å²) in [7, 11) is 0. The summed E-state index contributed by atoms with van der Waals surface area (Å²) in [5.41, 5.74) is 2.22. The average Bonchev–Trinajstić information content (AvgIpc) is 2.80. The molecular weight excluding hydrogens is 384 g/mol. The van der Waals surface area contributed by atoms with Crippen LogP contribution in [0.15, 0.2) is 107 Å². The summed E-state index contributed by atoms with van der Waals surface area (Å²) < 4.78 is 6.16. The molecule has 0 aliphatic heterocycles. The number of hydrogen-bond donors (Lipinski definition) is 1. The van der Waals surface area contributed by atoms with Crippen molar-refractivity contribution in [2.24, 2.45) is 10.2 Å². The molecule has 31 heavy (non-hydrogen) atoms. The van der Waals surface area contributed by atoms with Crippen molar-refractivity contribution in [3.05, 3.63) is 103 Å². The molecule has 0 aromatic heterocycles. The van der Waals surface area contributed by atoms with E-state index in [-0.39, 0.29) is 5.75 Å². The van der Waals surface area contributed by atoms with Crippen molar-refractivity contribution < 1.29 is 9.84 Å². The second-order valence-electron chi connectivity index (χ2n) is 7.40. The lowest BCUT2D eigenvalue weighted by atomic mass is 10.1. The highest BCUT2D eigenvalue weighted by Gasteiger charge is 2.11. The first-order valence-corrected chi connectivity index (χ1v) is 10.1. The molecule has 5 aromatic carbocycles. The number of fused-ring (bicyclic) bond motifs is 2. The van der Waals surface area contributed by atoms with Crippen LogP contribution in [0.1, 0.15) is 5.56 Å². The largest absolute Gasteiger partial charge is 0.506 e. The van der Waals surface area contributed by atoms with Gasteiger partial charge in [-0.15, -0.1) is 10.2 Å². The average molecular weight is 404 g/mol. The van der Waals surface area contributed by atoms with E-state index in [0.29, 0.717) is 17.1 Å². The van der Waals surface area contributed by atoms with E-state index in [1.165, 1.54) is 0 Å². The van der Waals surface area contributed by atoms with E-state index in [9.17, 15) is 5.11 Å². The maximum absolute atomic E-state index is 10.4. The summed E-state index contributed by atoms with van der Waals surface area (Å²) in [6, 6.07) is 31.1. The zero-order valence-electron chi connectivity index (χ0n) is 17.0. The van der Waals surface area contributed by atoms with E-state index < -0.39 is 0 Å². The van der Waals surface area contributed by atoms with Gasteiger partial charge in [0.05, 0.1) is 0 Å². The third-order valence-electron chi connectivity index (χ3n) is 5.24. The second-order valence-corrected chi connectivity index (χ2v) is 7.40. The fourth-order valence-electron chi connectivity index (χ4n) is 3.60. The highest BCUT2D eigenvalue weighted by Crippen LogP contribution is 2.41. The van der Waals surface area contributed by atoms with Crippen molar-refractivity contribution in [3.8, 4) is 17.2 Å². The number of phenols is 1. The highest BCUT2D eigenvalue weighted by atomic mass is 16.5. The Labute approximate surface area is 180 Å². The van der Waals surface area contributed by atoms with E-state index in [1.807, 2.05) is 97.9 Å². The van der Waals surface area contributed by atoms with E-state index in [2.05, 4.69) is 10.2 Å². The van der Waals surface area contributed by atoms with Gasteiger partial charge in [-0.2, -0.15) is 0 Å². The number of rotatable bonds is 4. The van der Waals surface area contributed by atoms with Gasteiger partial charge >= 0.3 is 0 Å². The lowest BCUT2D eigenvalue weighted by Crippen LogP contribution is -1.86. The Hall–Kier alpha value is -4.18. The van der Waals surface area contributed by atoms with Crippen LogP contribution in [-0.4, -0.2) is 5.11 Å². The topological polar surface area (TPSA) is 54.2 Å². The number of ether oxygens (including phenoxy) is 1. The van der Waals surface area contributed by atoms with Crippen molar-refractivity contribution in [2.45, 2.75) is 6.92 Å². The first-order chi connectivity index (χ1) is 15.2. The molecule has 0 spiro atoms. The molecule has 0 aliphatic rings. The molecule has 0 amide bonds. The summed E-state index contributed by atoms with van der Waals surface area (Å²) in [6.45, 7) is 2.04. The molecule has 0 bridgehead atoms. The third kappa shape index (κ3) is 3.71. The van der Waals surface area contributed by atoms with Gasteiger partial charge in [-0.25, -0.2) is 0 Å². The molecule has 0 radical (unpaired) electrons. The molecule has 150 valence electrons. The first-order valence-electron chi connectivity index (χ1n) is 10.1. The van der Waals surface area contributed by atoms with Gasteiger partial charge in [0, 0.05) is 10.8 Å². The SMILES string of the molecule is Cc1ccc(Oc2ccc3ccccc3c2N=Nc2c(O)ccc3ccccc23)cc1. The van der Waals surface area contributed by atoms with E-state index in [0.717, 1.165) is 32.9 Å². The van der Waals surface area contributed by atoms with Crippen LogP contribution >= 0.6 is 0 Å². The number of benzene rings is 5. The fraction of sp³-hybridized carbons (Fsp3) is 0.0370. The predicted octanol–water partition coefficient (Wildman–Crippen LogP) is 8.21. The molecule has 0 saturated heterocycles. The summed E-state index contributed by atoms with van der Waals surface area (Å²) in [5.74, 6) is 1.42. The van der Waals surface area contributed by atoms with Crippen LogP contribution in [0.3, 0.4) is 0 Å². The molecule has 5 rings (SSSR count). The van der Waals surface area contributed by atoms with Crippen LogP contribution in [-0.2, 0) is 0 Å². The van der Waals surface area contributed by atoms with Crippen LogP contribution in [0.4, 0.5) is 11.4 Å². The maximum atomic E-state index is 10.4. The number of nitrogens with zero attached hydrogens (tertiary/aromatic N) is 2. The van der Waals surface area contributed by atoms with E-state index in [4.69, 9.17) is 4.74 Å². The third-order valence-corrected chi connectivity index (χ3v) is 5.24. The Bertz CT molecular complexity index is 1420. The van der Waals surface area contributed by atoms with Crippen molar-refractivity contribution in [3.63, 3.8) is 0 Å². The van der Waals surface area contributed by atoms with Gasteiger partial charge in [0.2, 0.25) is 0 Å². The molecule has 0 saturated carbocycles. The number of azo groups is 1. The Kier molecular flexibility index (Phi) is 4.81. The molecule has 5 aromatic rings. The van der Waals surface area contributed by atoms with Gasteiger partial charge in [-0.3, -0.25) is 0 Å². The van der Waals surface area contributed by atoms with Gasteiger partial charge in [0.25, 0.3) is 0 Å². The van der Waals surface area contributed by atoms with Crippen LogP contribution in [0.2, 0.25) is 0 Å². The molecule has 4 nitrogen and oxygen atoms in total. The van der Waals surface area contributed by atoms with Crippen LogP contribution in [0.5, 0.6) is 17.2 Å². The summed E-state index contributed by atoms with van der Waals surface area (Å²) in [5, 5.41) is 23.3. The van der Waals surface area contributed by atoms with Gasteiger partial charge in [0.15, 0.2) is 5.75 Å². The monoisotopic (exact) mass is 404 g/mol. The Morgan fingerprint density at radius 1 is 0.613 bits per heavy atom. The molecule has 0 fully saturated rings. The first kappa shape index (κ1) is 18.8. The van der Waals surface area contributed by atoms with Gasteiger partial charge in [0.1, 0.15) is 22.9 Å². The molecule has 1 N–H and O–H groups in total. The van der Waals surface area contributed by atoms with Crippen molar-refractivity contribution in [2.75, 3.05) is 0 Å². The summed E-state index contributed by atoms with van der Waals surface area (Å²) in [4.78, 5) is 0. The maximum Gasteiger partial charge on any atom is 0.155 e. The van der Waals surface area contributed by atoms with Crippen molar-refractivity contribution >= 4 is 32.9 Å². The van der Waals surface area contributed by atoms with Crippen LogP contribution < -0.4 is 4.74 Å². The molecule has 4 heteroatoms. The summed E-state index contributed by atoms with van der Waals surface area (Å²) in [6.07, 6.45) is 0. The Balaban J connectivity index is 1.65. The molecule has 0 heterocycles. The quantitative estimate of drug-likeness (QED) is 0.307. The Morgan fingerprint density at radius 2 is 1.19 bits per heavy atom. The lowest BCUT2D eigenvalue weighted by molar-refractivity contribution is 0.476. The zero-order valence-corrected chi connectivity index (χ0v) is 17.0. The van der Waals surface area contributed by atoms with E-state index in [1.54, 1.807) is 6.07 Å². The van der Waals surface area contributed by atoms with Crippen molar-refractivity contribution in [1.82, 2.24) is 0 Å². The molecular formula is C27H20N2O2. The second kappa shape index (κ2) is 7.92. The number of hydrogen-bond acceptors (Lipinski definition) is 4. The number of phenolic OH excluding ortho intramolecular Hbond substituents is 1.